The van der Waals surface area contributed by atoms with E-state index in [1.807, 2.05) is 0 Å². The van der Waals surface area contributed by atoms with E-state index in [-0.39, 0.29) is 27.2 Å². The van der Waals surface area contributed by atoms with Gasteiger partial charge in [-0.15, -0.1) is 0 Å². The first kappa shape index (κ1) is 17.9. The van der Waals surface area contributed by atoms with Crippen molar-refractivity contribution in [2.75, 3.05) is 7.11 Å². The Bertz CT molecular complexity index is 1420. The Labute approximate surface area is 168 Å². The van der Waals surface area contributed by atoms with Crippen LogP contribution in [0.5, 0.6) is 11.5 Å². The quantitative estimate of drug-likeness (QED) is 0.553. The summed E-state index contributed by atoms with van der Waals surface area (Å²) in [4.78, 5) is 26.6. The molecule has 0 spiro atoms. The Hall–Kier alpha value is -3.20. The number of benzene rings is 1. The van der Waals surface area contributed by atoms with E-state index in [9.17, 15) is 14.7 Å². The molecule has 1 aliphatic heterocycles. The van der Waals surface area contributed by atoms with Crippen molar-refractivity contribution in [3.8, 4) is 11.5 Å². The highest BCUT2D eigenvalue weighted by molar-refractivity contribution is 7.99. The smallest absolute Gasteiger partial charge is 0.354 e. The van der Waals surface area contributed by atoms with E-state index in [1.165, 1.54) is 0 Å². The summed E-state index contributed by atoms with van der Waals surface area (Å²) in [6.07, 6.45) is 0.762. The van der Waals surface area contributed by atoms with E-state index in [0.717, 1.165) is 18.2 Å². The van der Waals surface area contributed by atoms with E-state index in [1.54, 1.807) is 47.5 Å². The van der Waals surface area contributed by atoms with Gasteiger partial charge in [-0.1, -0.05) is 17.8 Å². The average Bonchev–Trinajstić information content (AvgIpc) is 3.05. The molecular formula is C20H17N3O5S. The molecule has 0 saturated heterocycles. The molecule has 9 heteroatoms. The van der Waals surface area contributed by atoms with E-state index in [0.29, 0.717) is 40.5 Å². The number of methoxy groups -OCH3 is 1. The summed E-state index contributed by atoms with van der Waals surface area (Å²) >= 11 is 1.03. The molecule has 29 heavy (non-hydrogen) atoms. The molecule has 0 atom stereocenters. The van der Waals surface area contributed by atoms with Crippen molar-refractivity contribution >= 4 is 33.8 Å². The molecule has 0 saturated carbocycles. The number of nitrogens with zero attached hydrogens (tertiary/aromatic N) is 3. The average molecular weight is 411 g/mol. The van der Waals surface area contributed by atoms with Crippen molar-refractivity contribution in [1.29, 1.82) is 0 Å². The molecule has 4 aromatic rings. The predicted octanol–water partition coefficient (Wildman–Crippen LogP) is 2.88. The second kappa shape index (κ2) is 6.41. The molecule has 148 valence electrons. The topological polar surface area (TPSA) is 99.5 Å². The molecule has 1 aliphatic rings. The third kappa shape index (κ3) is 2.57. The molecule has 0 radical (unpaired) electrons. The van der Waals surface area contributed by atoms with Crippen molar-refractivity contribution in [1.82, 2.24) is 14.3 Å². The number of fused-ring (bicyclic) bond motifs is 2. The summed E-state index contributed by atoms with van der Waals surface area (Å²) in [7, 11) is 1.55. The Kier molecular flexibility index (Phi) is 3.95. The number of aryl methyl sites for hydroxylation is 3. The second-order valence-corrected chi connectivity index (χ2v) is 7.95. The first-order valence-electron chi connectivity index (χ1n) is 9.11. The predicted molar refractivity (Wildman–Crippen MR) is 108 cm³/mol. The third-order valence-electron chi connectivity index (χ3n) is 5.11. The van der Waals surface area contributed by atoms with Crippen molar-refractivity contribution in [2.45, 2.75) is 36.2 Å². The highest BCUT2D eigenvalue weighted by Crippen LogP contribution is 2.38. The standard InChI is InChI=1S/C20H17N3O5S/c1-10-13-16-14(19(25)22-7-4-8-23(21-10)18(13)22)15(24)17(20(26)28-16)29-12-6-3-5-11(9-12)27-2/h3,5-6,9,24H,4,7-8H2,1-2H3. The molecule has 0 unspecified atom stereocenters. The lowest BCUT2D eigenvalue weighted by Gasteiger charge is -2.17. The number of aromatic nitrogens is 3. The van der Waals surface area contributed by atoms with Crippen molar-refractivity contribution in [3.63, 3.8) is 0 Å². The van der Waals surface area contributed by atoms with Crippen molar-refractivity contribution in [2.24, 2.45) is 0 Å². The lowest BCUT2D eigenvalue weighted by molar-refractivity contribution is 0.413. The highest BCUT2D eigenvalue weighted by atomic mass is 32.2. The Morgan fingerprint density at radius 1 is 1.24 bits per heavy atom. The van der Waals surface area contributed by atoms with Crippen LogP contribution in [0.4, 0.5) is 0 Å². The zero-order valence-corrected chi connectivity index (χ0v) is 16.6. The molecule has 4 heterocycles. The number of hydrogen-bond donors (Lipinski definition) is 1. The summed E-state index contributed by atoms with van der Waals surface area (Å²) in [5.74, 6) is 0.256. The third-order valence-corrected chi connectivity index (χ3v) is 6.17. The molecule has 0 amide bonds. The highest BCUT2D eigenvalue weighted by Gasteiger charge is 2.27. The van der Waals surface area contributed by atoms with Crippen molar-refractivity contribution < 1.29 is 14.3 Å². The molecule has 3 aromatic heterocycles. The summed E-state index contributed by atoms with van der Waals surface area (Å²) in [5, 5.41) is 16.0. The van der Waals surface area contributed by atoms with Crippen LogP contribution < -0.4 is 15.9 Å². The maximum Gasteiger partial charge on any atom is 0.354 e. The first-order chi connectivity index (χ1) is 14.0. The minimum atomic E-state index is -0.703. The van der Waals surface area contributed by atoms with Gasteiger partial charge in [-0.25, -0.2) is 9.48 Å². The summed E-state index contributed by atoms with van der Waals surface area (Å²) in [6, 6.07) is 7.08. The fraction of sp³-hybridized carbons (Fsp3) is 0.250. The molecule has 0 bridgehead atoms. The van der Waals surface area contributed by atoms with Gasteiger partial charge in [0.25, 0.3) is 5.56 Å². The normalized spacial score (nSPS) is 13.3. The molecule has 0 aliphatic carbocycles. The maximum absolute atomic E-state index is 13.2. The van der Waals surface area contributed by atoms with E-state index < -0.39 is 5.63 Å². The fourth-order valence-corrected chi connectivity index (χ4v) is 4.72. The van der Waals surface area contributed by atoms with Crippen LogP contribution in [-0.2, 0) is 13.1 Å². The maximum atomic E-state index is 13.2. The van der Waals surface area contributed by atoms with Gasteiger partial charge in [0, 0.05) is 18.0 Å². The zero-order chi connectivity index (χ0) is 20.3. The first-order valence-corrected chi connectivity index (χ1v) is 9.93. The van der Waals surface area contributed by atoms with Crippen LogP contribution in [0.1, 0.15) is 12.1 Å². The fourth-order valence-electron chi connectivity index (χ4n) is 3.84. The van der Waals surface area contributed by atoms with Gasteiger partial charge in [-0.2, -0.15) is 5.10 Å². The van der Waals surface area contributed by atoms with Crippen LogP contribution in [0.2, 0.25) is 0 Å². The van der Waals surface area contributed by atoms with Crippen LogP contribution in [0.15, 0.2) is 48.1 Å². The molecule has 0 fully saturated rings. The van der Waals surface area contributed by atoms with E-state index in [4.69, 9.17) is 9.15 Å². The number of ether oxygens (including phenoxy) is 1. The van der Waals surface area contributed by atoms with Gasteiger partial charge in [0.05, 0.1) is 18.2 Å². The van der Waals surface area contributed by atoms with Gasteiger partial charge in [-0.3, -0.25) is 9.36 Å². The van der Waals surface area contributed by atoms with Gasteiger partial charge < -0.3 is 14.3 Å². The lowest BCUT2D eigenvalue weighted by atomic mass is 10.1. The van der Waals surface area contributed by atoms with Crippen molar-refractivity contribution in [3.05, 3.63) is 50.7 Å². The van der Waals surface area contributed by atoms with Crippen LogP contribution >= 0.6 is 11.8 Å². The van der Waals surface area contributed by atoms with Crippen LogP contribution in [0, 0.1) is 6.92 Å². The lowest BCUT2D eigenvalue weighted by Crippen LogP contribution is -2.27. The largest absolute Gasteiger partial charge is 0.505 e. The second-order valence-electron chi connectivity index (χ2n) is 6.87. The minimum absolute atomic E-state index is 0.00652. The minimum Gasteiger partial charge on any atom is -0.505 e. The number of rotatable bonds is 3. The molecule has 1 N–H and O–H groups in total. The SMILES string of the molecule is COc1cccc(Sc2c(O)c3c(=O)n4c5c(c(C)nn5CCC4)c3oc2=O)c1. The van der Waals surface area contributed by atoms with Gasteiger partial charge >= 0.3 is 5.63 Å². The Morgan fingerprint density at radius 2 is 2.07 bits per heavy atom. The van der Waals surface area contributed by atoms with Crippen LogP contribution in [-0.4, -0.2) is 26.6 Å². The van der Waals surface area contributed by atoms with E-state index >= 15 is 0 Å². The van der Waals surface area contributed by atoms with Crippen LogP contribution in [0.25, 0.3) is 22.0 Å². The number of pyridine rings is 1. The Balaban J connectivity index is 1.82. The summed E-state index contributed by atoms with van der Waals surface area (Å²) in [6.45, 7) is 3.01. The number of aromatic hydroxyl groups is 1. The van der Waals surface area contributed by atoms with E-state index in [2.05, 4.69) is 5.10 Å². The summed E-state index contributed by atoms with van der Waals surface area (Å²) < 4.78 is 14.1. The van der Waals surface area contributed by atoms with Gasteiger partial charge in [0.15, 0.2) is 11.3 Å². The van der Waals surface area contributed by atoms with Gasteiger partial charge in [0.2, 0.25) is 0 Å². The number of hydrogen-bond acceptors (Lipinski definition) is 7. The monoisotopic (exact) mass is 411 g/mol. The van der Waals surface area contributed by atoms with Crippen LogP contribution in [0.3, 0.4) is 0 Å². The molecule has 5 rings (SSSR count). The zero-order valence-electron chi connectivity index (χ0n) is 15.8. The van der Waals surface area contributed by atoms with Gasteiger partial charge in [0.1, 0.15) is 21.7 Å². The summed E-state index contributed by atoms with van der Waals surface area (Å²) in [5.41, 5.74) is 0.273. The Morgan fingerprint density at radius 3 is 2.86 bits per heavy atom. The molecular weight excluding hydrogens is 394 g/mol. The van der Waals surface area contributed by atoms with Gasteiger partial charge in [-0.05, 0) is 31.5 Å². The molecule has 8 nitrogen and oxygen atoms in total. The molecule has 1 aromatic carbocycles.